The van der Waals surface area contributed by atoms with E-state index in [9.17, 15) is 15.8 Å². The molecule has 0 unspecified atom stereocenters. The van der Waals surface area contributed by atoms with Crippen molar-refractivity contribution < 1.29 is 18.9 Å². The van der Waals surface area contributed by atoms with Crippen LogP contribution in [0.1, 0.15) is 85.4 Å². The lowest BCUT2D eigenvalue weighted by molar-refractivity contribution is 0.0164. The maximum Gasteiger partial charge on any atom is 0.263 e. The number of ether oxygens (including phenoxy) is 4. The molecule has 4 aromatic heterocycles. The number of hydrogen-bond acceptors (Lipinski definition) is 13. The summed E-state index contributed by atoms with van der Waals surface area (Å²) in [5, 5.41) is 29.8. The predicted octanol–water partition coefficient (Wildman–Crippen LogP) is 11.7. The Bertz CT molecular complexity index is 2440. The smallest absolute Gasteiger partial charge is 0.263 e. The van der Waals surface area contributed by atoms with E-state index in [1.54, 1.807) is 49.0 Å². The normalized spacial score (nSPS) is 17.0. The summed E-state index contributed by atoms with van der Waals surface area (Å²) in [5.74, 6) is 2.90. The van der Waals surface area contributed by atoms with Crippen molar-refractivity contribution in [2.75, 3.05) is 14.2 Å². The summed E-state index contributed by atoms with van der Waals surface area (Å²) in [5.41, 5.74) is 2.70. The van der Waals surface area contributed by atoms with E-state index in [1.807, 2.05) is 30.3 Å². The third-order valence-electron chi connectivity index (χ3n) is 10.9. The minimum Gasteiger partial charge on any atom is -0.495 e. The highest BCUT2D eigenvalue weighted by Gasteiger charge is 2.49. The van der Waals surface area contributed by atoms with Gasteiger partial charge in [0.05, 0.1) is 36.6 Å². The van der Waals surface area contributed by atoms with E-state index in [0.717, 1.165) is 138 Å². The van der Waals surface area contributed by atoms with Crippen LogP contribution in [0, 0.1) is 40.6 Å². The monoisotopic (exact) mass is 812 g/mol. The molecule has 2 spiro atoms. The quantitative estimate of drug-likeness (QED) is 0.121. The molecule has 0 saturated heterocycles. The maximum absolute atomic E-state index is 9.40. The number of hydrogen-bond donors (Lipinski definition) is 0. The Morgan fingerprint density at radius 3 is 1.55 bits per heavy atom. The first-order chi connectivity index (χ1) is 27.3. The average Bonchev–Trinajstić information content (AvgIpc) is 4.04. The molecule has 2 saturated carbocycles. The topological polar surface area (TPSA) is 138 Å². The van der Waals surface area contributed by atoms with Gasteiger partial charge in [-0.15, -0.1) is 45.3 Å². The molecule has 2 aliphatic heterocycles. The van der Waals surface area contributed by atoms with Gasteiger partial charge in [-0.25, -0.2) is 20.1 Å². The van der Waals surface area contributed by atoms with Crippen LogP contribution < -0.4 is 18.9 Å². The fourth-order valence-corrected chi connectivity index (χ4v) is 13.0. The van der Waals surface area contributed by atoms with Gasteiger partial charge in [0, 0.05) is 20.9 Å². The first-order valence-corrected chi connectivity index (χ1v) is 21.6. The number of fused-ring (bicyclic) bond motifs is 8. The van der Waals surface area contributed by atoms with Gasteiger partial charge in [0.1, 0.15) is 71.9 Å². The number of nitrogens with zero attached hydrogens (tertiary/aromatic N) is 6. The van der Waals surface area contributed by atoms with Crippen LogP contribution in [0.4, 0.5) is 0 Å². The number of thiophene rings is 2. The van der Waals surface area contributed by atoms with Crippen LogP contribution in [-0.4, -0.2) is 24.2 Å². The first kappa shape index (κ1) is 36.2. The van der Waals surface area contributed by atoms with Crippen LogP contribution in [0.15, 0.2) is 35.5 Å². The lowest BCUT2D eigenvalue weighted by Gasteiger charge is -2.43. The van der Waals surface area contributed by atoms with Crippen molar-refractivity contribution in [1.82, 2.24) is 9.97 Å². The Labute approximate surface area is 340 Å². The molecule has 10 nitrogen and oxygen atoms in total. The molecule has 0 radical (unpaired) electrons. The zero-order valence-electron chi connectivity index (χ0n) is 30.5. The fraction of sp³-hybridized carbons (Fsp3) is 0.333. The van der Waals surface area contributed by atoms with Crippen LogP contribution in [0.2, 0.25) is 0 Å². The van der Waals surface area contributed by atoms with E-state index in [-0.39, 0.29) is 11.3 Å². The van der Waals surface area contributed by atoms with Gasteiger partial charge in [-0.05, 0) is 87.8 Å². The van der Waals surface area contributed by atoms with E-state index in [4.69, 9.17) is 35.5 Å². The second-order valence-electron chi connectivity index (χ2n) is 14.2. The van der Waals surface area contributed by atoms with Gasteiger partial charge < -0.3 is 18.9 Å². The molecule has 0 bridgehead atoms. The van der Waals surface area contributed by atoms with Gasteiger partial charge in [-0.1, -0.05) is 12.8 Å². The van der Waals surface area contributed by atoms with Crippen LogP contribution in [0.5, 0.6) is 23.0 Å². The lowest BCUT2D eigenvalue weighted by atomic mass is 9.78. The summed E-state index contributed by atoms with van der Waals surface area (Å²) in [6.07, 6.45) is 13.0. The van der Waals surface area contributed by atoms with Gasteiger partial charge >= 0.3 is 0 Å². The molecule has 14 heteroatoms. The van der Waals surface area contributed by atoms with Crippen molar-refractivity contribution in [3.8, 4) is 81.9 Å². The summed E-state index contributed by atoms with van der Waals surface area (Å²) in [6.45, 7) is 7.35. The second-order valence-corrected chi connectivity index (χ2v) is 18.3. The fourth-order valence-electron chi connectivity index (χ4n) is 8.33. The van der Waals surface area contributed by atoms with E-state index in [1.165, 1.54) is 22.7 Å². The zero-order chi connectivity index (χ0) is 38.6. The molecule has 9 rings (SSSR count). The van der Waals surface area contributed by atoms with Crippen LogP contribution in [0.25, 0.3) is 57.6 Å². The van der Waals surface area contributed by atoms with Gasteiger partial charge in [0.2, 0.25) is 0 Å². The molecular weight excluding hydrogens is 781 g/mol. The number of thiazole rings is 2. The standard InChI is InChI=1S/C42H32N6O4S4/c1-46-24(22-45)15-26-17-32(50-3)36(54-26)40-48-38-34(56-40)28-19-29-27(18-30(28)52-42(38)12-8-5-9-13-42)33-37(41(51-29)10-6-4-7-11-41)47-39(55-33)35-31(49-2)16-25(53-35)14-23(20-43)21-44/h14-19H,4-13H2,2-3H3/b24-15+. The Hall–Kier alpha value is -5.48. The Kier molecular flexibility index (Phi) is 9.19. The van der Waals surface area contributed by atoms with Crippen LogP contribution in [-0.2, 0) is 11.2 Å². The van der Waals surface area contributed by atoms with E-state index in [0.29, 0.717) is 11.5 Å². The van der Waals surface area contributed by atoms with Gasteiger partial charge in [-0.3, -0.25) is 0 Å². The van der Waals surface area contributed by atoms with E-state index >= 15 is 0 Å². The average molecular weight is 813 g/mol. The molecule has 0 atom stereocenters. The Morgan fingerprint density at radius 1 is 0.679 bits per heavy atom. The minimum atomic E-state index is -0.574. The number of benzene rings is 1. The largest absolute Gasteiger partial charge is 0.495 e. The first-order valence-electron chi connectivity index (χ1n) is 18.3. The highest BCUT2D eigenvalue weighted by atomic mass is 32.1. The number of nitriles is 3. The third-order valence-corrected chi connectivity index (χ3v) is 15.5. The molecule has 4 aliphatic rings. The predicted molar refractivity (Wildman–Crippen MR) is 219 cm³/mol. The summed E-state index contributed by atoms with van der Waals surface area (Å²) in [7, 11) is 3.25. The molecule has 5 aromatic rings. The number of methoxy groups -OCH3 is 2. The molecule has 278 valence electrons. The summed E-state index contributed by atoms with van der Waals surface area (Å²) in [6, 6.07) is 13.9. The summed E-state index contributed by atoms with van der Waals surface area (Å²) >= 11 is 6.15. The highest BCUT2D eigenvalue weighted by Crippen LogP contribution is 2.61. The van der Waals surface area contributed by atoms with E-state index < -0.39 is 11.2 Å². The molecule has 0 N–H and O–H groups in total. The number of allylic oxidation sites excluding steroid dienone is 2. The second kappa shape index (κ2) is 14.2. The lowest BCUT2D eigenvalue weighted by Crippen LogP contribution is -2.39. The summed E-state index contributed by atoms with van der Waals surface area (Å²) in [4.78, 5) is 19.3. The van der Waals surface area contributed by atoms with Crippen molar-refractivity contribution in [2.24, 2.45) is 0 Å². The van der Waals surface area contributed by atoms with Crippen molar-refractivity contribution >= 4 is 57.5 Å². The van der Waals surface area contributed by atoms with Crippen molar-refractivity contribution in [3.05, 3.63) is 68.1 Å². The third kappa shape index (κ3) is 5.88. The van der Waals surface area contributed by atoms with Crippen molar-refractivity contribution in [2.45, 2.75) is 75.4 Å². The molecule has 1 aromatic carbocycles. The Balaban J connectivity index is 1.20. The summed E-state index contributed by atoms with van der Waals surface area (Å²) < 4.78 is 26.0. The zero-order valence-corrected chi connectivity index (χ0v) is 33.8. The maximum atomic E-state index is 9.40. The van der Waals surface area contributed by atoms with Gasteiger partial charge in [0.25, 0.3) is 5.70 Å². The molecule has 0 amide bonds. The molecule has 56 heavy (non-hydrogen) atoms. The molecule has 2 aliphatic carbocycles. The molecule has 2 fully saturated rings. The number of rotatable bonds is 6. The van der Waals surface area contributed by atoms with Crippen molar-refractivity contribution in [3.63, 3.8) is 0 Å². The SMILES string of the molecule is [C-]#[N+]/C(C#N)=C/c1cc(OC)c(-c2nc3c(s2)-c2cc4c(cc2OC32CCCCC2)-c2sc(-c3sc(C=C(C#N)C#N)cc3OC)nc2C2(CCCCC2)O4)s1. The van der Waals surface area contributed by atoms with Crippen molar-refractivity contribution in [1.29, 1.82) is 15.8 Å². The number of aromatic nitrogens is 2. The van der Waals surface area contributed by atoms with E-state index in [2.05, 4.69) is 17.0 Å². The molecular formula is C42H32N6O4S4. The van der Waals surface area contributed by atoms with Gasteiger partial charge in [0.15, 0.2) is 11.2 Å². The van der Waals surface area contributed by atoms with Crippen LogP contribution >= 0.6 is 45.3 Å². The van der Waals surface area contributed by atoms with Gasteiger partial charge in [-0.2, -0.15) is 10.5 Å². The highest BCUT2D eigenvalue weighted by molar-refractivity contribution is 7.25. The van der Waals surface area contributed by atoms with Crippen LogP contribution in [0.3, 0.4) is 0 Å². The molecule has 6 heterocycles. The minimum absolute atomic E-state index is 0.0142. The Morgan fingerprint density at radius 2 is 1.14 bits per heavy atom.